The molecule has 3 nitrogen and oxygen atoms in total. The van der Waals surface area contributed by atoms with Crippen molar-refractivity contribution in [2.24, 2.45) is 11.8 Å². The van der Waals surface area contributed by atoms with Gasteiger partial charge >= 0.3 is 5.97 Å². The van der Waals surface area contributed by atoms with Crippen molar-refractivity contribution in [2.45, 2.75) is 63.9 Å². The number of allylic oxidation sites excluding steroid dienone is 4. The van der Waals surface area contributed by atoms with E-state index in [1.54, 1.807) is 5.57 Å². The summed E-state index contributed by atoms with van der Waals surface area (Å²) < 4.78 is 5.75. The van der Waals surface area contributed by atoms with E-state index in [4.69, 9.17) is 4.74 Å². The van der Waals surface area contributed by atoms with E-state index in [1.807, 2.05) is 6.08 Å². The molecular formula is C18H22O3. The number of carbonyl (C=O) groups is 2. The minimum absolute atomic E-state index is 0.0236. The Morgan fingerprint density at radius 3 is 2.81 bits per heavy atom. The number of ketones is 1. The molecule has 0 aromatic heterocycles. The number of ether oxygens (including phenoxy) is 1. The fourth-order valence-corrected chi connectivity index (χ4v) is 5.05. The van der Waals surface area contributed by atoms with E-state index in [0.717, 1.165) is 38.5 Å². The summed E-state index contributed by atoms with van der Waals surface area (Å²) >= 11 is 0. The highest BCUT2D eigenvalue weighted by Crippen LogP contribution is 2.54. The Hall–Kier alpha value is -1.38. The Morgan fingerprint density at radius 1 is 1.10 bits per heavy atom. The van der Waals surface area contributed by atoms with Crippen molar-refractivity contribution < 1.29 is 14.3 Å². The number of hydrogen-bond donors (Lipinski definition) is 0. The first-order valence-electron chi connectivity index (χ1n) is 8.24. The molecule has 0 N–H and O–H groups in total. The summed E-state index contributed by atoms with van der Waals surface area (Å²) in [6, 6.07) is 0. The zero-order valence-corrected chi connectivity index (χ0v) is 12.6. The third kappa shape index (κ3) is 2.01. The van der Waals surface area contributed by atoms with Crippen molar-refractivity contribution in [1.82, 2.24) is 0 Å². The summed E-state index contributed by atoms with van der Waals surface area (Å²) in [6.07, 6.45) is 9.15. The first-order chi connectivity index (χ1) is 10.1. The van der Waals surface area contributed by atoms with Crippen molar-refractivity contribution in [3.63, 3.8) is 0 Å². The fraction of sp³-hybridized carbons (Fsp3) is 0.667. The molecule has 0 aromatic carbocycles. The first kappa shape index (κ1) is 13.3. The van der Waals surface area contributed by atoms with Crippen LogP contribution in [0.5, 0.6) is 0 Å². The number of fused-ring (bicyclic) bond motifs is 4. The molecule has 2 fully saturated rings. The monoisotopic (exact) mass is 286 g/mol. The highest BCUT2D eigenvalue weighted by Gasteiger charge is 2.50. The van der Waals surface area contributed by atoms with Crippen molar-refractivity contribution >= 4 is 11.8 Å². The van der Waals surface area contributed by atoms with Gasteiger partial charge in [-0.15, -0.1) is 0 Å². The molecule has 3 aliphatic carbocycles. The fourth-order valence-electron chi connectivity index (χ4n) is 5.05. The van der Waals surface area contributed by atoms with Gasteiger partial charge in [0.15, 0.2) is 5.78 Å². The maximum Gasteiger partial charge on any atom is 0.306 e. The molecule has 0 radical (unpaired) electrons. The quantitative estimate of drug-likeness (QED) is 0.640. The molecule has 1 saturated carbocycles. The molecule has 4 aliphatic rings. The second kappa shape index (κ2) is 4.56. The molecule has 3 heteroatoms. The third-order valence-electron chi connectivity index (χ3n) is 6.07. The normalized spacial score (nSPS) is 39.0. The van der Waals surface area contributed by atoms with Gasteiger partial charge < -0.3 is 4.74 Å². The molecule has 1 saturated heterocycles. The Kier molecular flexibility index (Phi) is 2.88. The maximum atomic E-state index is 11.7. The highest BCUT2D eigenvalue weighted by molar-refractivity contribution is 5.93. The number of hydrogen-bond acceptors (Lipinski definition) is 3. The number of esters is 1. The Balaban J connectivity index is 1.72. The first-order valence-corrected chi connectivity index (χ1v) is 8.24. The van der Waals surface area contributed by atoms with E-state index in [-0.39, 0.29) is 11.6 Å². The molecule has 0 bridgehead atoms. The van der Waals surface area contributed by atoms with E-state index in [9.17, 15) is 9.59 Å². The Morgan fingerprint density at radius 2 is 1.95 bits per heavy atom. The van der Waals surface area contributed by atoms with Gasteiger partial charge in [-0.1, -0.05) is 5.57 Å². The van der Waals surface area contributed by atoms with Crippen LogP contribution in [0.15, 0.2) is 22.8 Å². The lowest BCUT2D eigenvalue weighted by Gasteiger charge is -2.51. The molecule has 0 aromatic rings. The maximum absolute atomic E-state index is 11.7. The zero-order chi connectivity index (χ0) is 14.6. The molecular weight excluding hydrogens is 264 g/mol. The zero-order valence-electron chi connectivity index (χ0n) is 12.6. The molecule has 0 spiro atoms. The van der Waals surface area contributed by atoms with Crippen molar-refractivity contribution in [3.8, 4) is 0 Å². The van der Waals surface area contributed by atoms with E-state index >= 15 is 0 Å². The van der Waals surface area contributed by atoms with Crippen LogP contribution >= 0.6 is 0 Å². The van der Waals surface area contributed by atoms with Gasteiger partial charge in [0.25, 0.3) is 0 Å². The smallest absolute Gasteiger partial charge is 0.306 e. The van der Waals surface area contributed by atoms with Gasteiger partial charge in [-0.05, 0) is 68.6 Å². The van der Waals surface area contributed by atoms with Gasteiger partial charge in [-0.25, -0.2) is 0 Å². The van der Waals surface area contributed by atoms with E-state index in [0.29, 0.717) is 30.5 Å². The van der Waals surface area contributed by atoms with Crippen molar-refractivity contribution in [1.29, 1.82) is 0 Å². The van der Waals surface area contributed by atoms with Crippen LogP contribution in [0.3, 0.4) is 0 Å². The van der Waals surface area contributed by atoms with Crippen molar-refractivity contribution in [2.75, 3.05) is 0 Å². The van der Waals surface area contributed by atoms with Gasteiger partial charge in [0.1, 0.15) is 5.60 Å². The summed E-state index contributed by atoms with van der Waals surface area (Å²) in [5, 5.41) is 0. The van der Waals surface area contributed by atoms with Crippen LogP contribution < -0.4 is 0 Å². The van der Waals surface area contributed by atoms with Gasteiger partial charge in [0, 0.05) is 18.8 Å². The Bertz CT molecular complexity index is 583. The van der Waals surface area contributed by atoms with Crippen LogP contribution in [-0.2, 0) is 14.3 Å². The number of carbonyl (C=O) groups excluding carboxylic acids is 2. The molecule has 4 rings (SSSR count). The standard InChI is InChI=1S/C18H22O3/c1-18-9-8-14-13-5-3-12(19)10-11(13)2-4-15(14)16(18)6-7-17(20)21-18/h10,15-16H,2-9H2,1H3/t15-,16+,18-/m1/s1. The van der Waals surface area contributed by atoms with Crippen LogP contribution in [0.2, 0.25) is 0 Å². The van der Waals surface area contributed by atoms with Gasteiger partial charge in [-0.2, -0.15) is 0 Å². The predicted molar refractivity (Wildman–Crippen MR) is 78.5 cm³/mol. The minimum atomic E-state index is -0.254. The van der Waals surface area contributed by atoms with Gasteiger partial charge in [-0.3, -0.25) is 9.59 Å². The predicted octanol–water partition coefficient (Wildman–Crippen LogP) is 3.49. The van der Waals surface area contributed by atoms with E-state index in [2.05, 4.69) is 6.92 Å². The lowest BCUT2D eigenvalue weighted by molar-refractivity contribution is -0.180. The van der Waals surface area contributed by atoms with Crippen LogP contribution in [-0.4, -0.2) is 17.4 Å². The molecule has 21 heavy (non-hydrogen) atoms. The highest BCUT2D eigenvalue weighted by atomic mass is 16.6. The Labute approximate surface area is 125 Å². The van der Waals surface area contributed by atoms with Crippen LogP contribution in [0.25, 0.3) is 0 Å². The van der Waals surface area contributed by atoms with Crippen LogP contribution in [0.1, 0.15) is 58.3 Å². The lowest BCUT2D eigenvalue weighted by atomic mass is 9.59. The van der Waals surface area contributed by atoms with Crippen LogP contribution in [0.4, 0.5) is 0 Å². The minimum Gasteiger partial charge on any atom is -0.459 e. The average molecular weight is 286 g/mol. The van der Waals surface area contributed by atoms with Gasteiger partial charge in [0.05, 0.1) is 0 Å². The van der Waals surface area contributed by atoms with Crippen LogP contribution in [0, 0.1) is 11.8 Å². The largest absolute Gasteiger partial charge is 0.459 e. The van der Waals surface area contributed by atoms with E-state index < -0.39 is 0 Å². The third-order valence-corrected chi connectivity index (χ3v) is 6.07. The summed E-state index contributed by atoms with van der Waals surface area (Å²) in [5.74, 6) is 1.31. The van der Waals surface area contributed by atoms with Crippen molar-refractivity contribution in [3.05, 3.63) is 22.8 Å². The lowest BCUT2D eigenvalue weighted by Crippen LogP contribution is -2.51. The summed E-state index contributed by atoms with van der Waals surface area (Å²) in [4.78, 5) is 23.3. The topological polar surface area (TPSA) is 43.4 Å². The van der Waals surface area contributed by atoms with Gasteiger partial charge in [0.2, 0.25) is 0 Å². The van der Waals surface area contributed by atoms with E-state index in [1.165, 1.54) is 11.1 Å². The summed E-state index contributed by atoms with van der Waals surface area (Å²) in [6.45, 7) is 2.13. The molecule has 1 heterocycles. The molecule has 0 unspecified atom stereocenters. The summed E-state index contributed by atoms with van der Waals surface area (Å²) in [5.41, 5.74) is 4.11. The second-order valence-electron chi connectivity index (χ2n) is 7.22. The molecule has 3 atom stereocenters. The molecule has 112 valence electrons. The second-order valence-corrected chi connectivity index (χ2v) is 7.22. The summed E-state index contributed by atoms with van der Waals surface area (Å²) in [7, 11) is 0. The molecule has 1 aliphatic heterocycles. The number of rotatable bonds is 0. The average Bonchev–Trinajstić information content (AvgIpc) is 2.45. The molecule has 0 amide bonds. The SMILES string of the molecule is C[C@@]12CCC3=C4CCC(=O)C=C4CC[C@H]3[C@@H]1CCC(=O)O2.